The molecule has 23 heavy (non-hydrogen) atoms. The van der Waals surface area contributed by atoms with Crippen LogP contribution in [0.1, 0.15) is 31.1 Å². The second-order valence-electron chi connectivity index (χ2n) is 6.49. The first-order chi connectivity index (χ1) is 10.8. The fourth-order valence-electron chi connectivity index (χ4n) is 2.36. The second-order valence-corrected chi connectivity index (χ2v) is 6.49. The number of carbonyl (C=O) groups excluding carboxylic acids is 2. The number of carbonyl (C=O) groups is 2. The van der Waals surface area contributed by atoms with Crippen LogP contribution in [0, 0.1) is 0 Å². The lowest BCUT2D eigenvalue weighted by Gasteiger charge is -2.35. The van der Waals surface area contributed by atoms with Gasteiger partial charge in [0.1, 0.15) is 11.4 Å². The number of methoxy groups -OCH3 is 1. The van der Waals surface area contributed by atoms with Crippen LogP contribution in [0.4, 0.5) is 4.79 Å². The molecule has 0 atom stereocenters. The number of rotatable bonds is 2. The van der Waals surface area contributed by atoms with Crippen LogP contribution in [-0.4, -0.2) is 60.7 Å². The predicted molar refractivity (Wildman–Crippen MR) is 86.7 cm³/mol. The maximum Gasteiger partial charge on any atom is 0.410 e. The Bertz CT molecular complexity index is 572. The highest BCUT2D eigenvalue weighted by atomic mass is 16.6. The number of amides is 2. The minimum Gasteiger partial charge on any atom is -0.497 e. The molecule has 1 aliphatic rings. The second kappa shape index (κ2) is 6.89. The summed E-state index contributed by atoms with van der Waals surface area (Å²) >= 11 is 0. The van der Waals surface area contributed by atoms with E-state index in [1.165, 1.54) is 0 Å². The Labute approximate surface area is 137 Å². The summed E-state index contributed by atoms with van der Waals surface area (Å²) in [6, 6.07) is 7.09. The van der Waals surface area contributed by atoms with Crippen LogP contribution in [0.25, 0.3) is 0 Å². The van der Waals surface area contributed by atoms with Gasteiger partial charge in [-0.1, -0.05) is 6.07 Å². The molecule has 1 aromatic rings. The van der Waals surface area contributed by atoms with E-state index in [0.29, 0.717) is 37.5 Å². The number of piperazine rings is 1. The van der Waals surface area contributed by atoms with Gasteiger partial charge in [-0.15, -0.1) is 0 Å². The van der Waals surface area contributed by atoms with E-state index in [1.807, 2.05) is 20.8 Å². The van der Waals surface area contributed by atoms with Gasteiger partial charge in [-0.3, -0.25) is 4.79 Å². The summed E-state index contributed by atoms with van der Waals surface area (Å²) in [5, 5.41) is 0. The summed E-state index contributed by atoms with van der Waals surface area (Å²) in [5.74, 6) is 0.607. The highest BCUT2D eigenvalue weighted by Gasteiger charge is 2.28. The van der Waals surface area contributed by atoms with Crippen LogP contribution in [0.3, 0.4) is 0 Å². The highest BCUT2D eigenvalue weighted by molar-refractivity contribution is 5.94. The highest BCUT2D eigenvalue weighted by Crippen LogP contribution is 2.16. The van der Waals surface area contributed by atoms with Crippen molar-refractivity contribution in [1.29, 1.82) is 0 Å². The summed E-state index contributed by atoms with van der Waals surface area (Å²) in [5.41, 5.74) is 0.0834. The monoisotopic (exact) mass is 320 g/mol. The summed E-state index contributed by atoms with van der Waals surface area (Å²) in [7, 11) is 1.57. The maximum atomic E-state index is 12.5. The molecule has 2 rings (SSSR count). The fourth-order valence-corrected chi connectivity index (χ4v) is 2.36. The molecule has 0 aliphatic carbocycles. The van der Waals surface area contributed by atoms with E-state index in [0.717, 1.165) is 0 Å². The molecular formula is C17H24N2O4. The van der Waals surface area contributed by atoms with Crippen LogP contribution >= 0.6 is 0 Å². The molecule has 0 radical (unpaired) electrons. The third-order valence-corrected chi connectivity index (χ3v) is 3.54. The van der Waals surface area contributed by atoms with Gasteiger partial charge in [0.25, 0.3) is 5.91 Å². The van der Waals surface area contributed by atoms with Crippen LogP contribution in [0.2, 0.25) is 0 Å². The molecule has 1 aliphatic heterocycles. The standard InChI is InChI=1S/C17H24N2O4/c1-17(2,3)23-16(21)19-10-8-18(9-11-19)15(20)13-6-5-7-14(12-13)22-4/h5-7,12H,8-11H2,1-4H3. The summed E-state index contributed by atoms with van der Waals surface area (Å²) < 4.78 is 10.5. The summed E-state index contributed by atoms with van der Waals surface area (Å²) in [6.07, 6.45) is -0.328. The topological polar surface area (TPSA) is 59.1 Å². The van der Waals surface area contributed by atoms with Gasteiger partial charge in [0, 0.05) is 31.7 Å². The third-order valence-electron chi connectivity index (χ3n) is 3.54. The van der Waals surface area contributed by atoms with Gasteiger partial charge in [0.15, 0.2) is 0 Å². The first kappa shape index (κ1) is 17.1. The van der Waals surface area contributed by atoms with Crippen molar-refractivity contribution in [3.63, 3.8) is 0 Å². The molecule has 0 spiro atoms. The zero-order valence-electron chi connectivity index (χ0n) is 14.2. The minimum absolute atomic E-state index is 0.0484. The normalized spacial score (nSPS) is 15.3. The average Bonchev–Trinajstić information content (AvgIpc) is 2.53. The first-order valence-electron chi connectivity index (χ1n) is 7.71. The quantitative estimate of drug-likeness (QED) is 0.839. The maximum absolute atomic E-state index is 12.5. The van der Waals surface area contributed by atoms with Gasteiger partial charge in [-0.2, -0.15) is 0 Å². The number of benzene rings is 1. The Morgan fingerprint density at radius 2 is 1.65 bits per heavy atom. The molecule has 126 valence electrons. The SMILES string of the molecule is COc1cccc(C(=O)N2CCN(C(=O)OC(C)(C)C)CC2)c1. The van der Waals surface area contributed by atoms with E-state index >= 15 is 0 Å². The Hall–Kier alpha value is -2.24. The molecule has 6 heteroatoms. The zero-order chi connectivity index (χ0) is 17.0. The summed E-state index contributed by atoms with van der Waals surface area (Å²) in [4.78, 5) is 27.9. The lowest BCUT2D eigenvalue weighted by molar-refractivity contribution is 0.0141. The fraction of sp³-hybridized carbons (Fsp3) is 0.529. The molecule has 0 aromatic heterocycles. The van der Waals surface area contributed by atoms with Crippen molar-refractivity contribution in [3.8, 4) is 5.75 Å². The van der Waals surface area contributed by atoms with E-state index in [1.54, 1.807) is 41.2 Å². The van der Waals surface area contributed by atoms with Crippen molar-refractivity contribution in [2.45, 2.75) is 26.4 Å². The van der Waals surface area contributed by atoms with Gasteiger partial charge in [-0.25, -0.2) is 4.79 Å². The molecule has 1 aromatic carbocycles. The van der Waals surface area contributed by atoms with Crippen molar-refractivity contribution < 1.29 is 19.1 Å². The largest absolute Gasteiger partial charge is 0.497 e. The van der Waals surface area contributed by atoms with E-state index in [9.17, 15) is 9.59 Å². The zero-order valence-corrected chi connectivity index (χ0v) is 14.2. The number of ether oxygens (including phenoxy) is 2. The molecule has 6 nitrogen and oxygen atoms in total. The van der Waals surface area contributed by atoms with Crippen molar-refractivity contribution in [2.75, 3.05) is 33.3 Å². The van der Waals surface area contributed by atoms with E-state index in [4.69, 9.17) is 9.47 Å². The van der Waals surface area contributed by atoms with Crippen molar-refractivity contribution in [1.82, 2.24) is 9.80 Å². The number of hydrogen-bond acceptors (Lipinski definition) is 4. The summed E-state index contributed by atoms with van der Waals surface area (Å²) in [6.45, 7) is 7.47. The third kappa shape index (κ3) is 4.61. The Morgan fingerprint density at radius 1 is 1.04 bits per heavy atom. The smallest absolute Gasteiger partial charge is 0.410 e. The first-order valence-corrected chi connectivity index (χ1v) is 7.71. The van der Waals surface area contributed by atoms with E-state index < -0.39 is 5.60 Å². The Morgan fingerprint density at radius 3 is 2.22 bits per heavy atom. The van der Waals surface area contributed by atoms with Crippen molar-refractivity contribution in [2.24, 2.45) is 0 Å². The molecule has 1 fully saturated rings. The van der Waals surface area contributed by atoms with Gasteiger partial charge < -0.3 is 19.3 Å². The molecule has 0 saturated carbocycles. The van der Waals surface area contributed by atoms with Gasteiger partial charge in [-0.05, 0) is 39.0 Å². The van der Waals surface area contributed by atoms with Crippen LogP contribution < -0.4 is 4.74 Å². The average molecular weight is 320 g/mol. The molecule has 2 amide bonds. The van der Waals surface area contributed by atoms with Gasteiger partial charge in [0.2, 0.25) is 0 Å². The van der Waals surface area contributed by atoms with Crippen LogP contribution in [0.5, 0.6) is 5.75 Å². The number of hydrogen-bond donors (Lipinski definition) is 0. The molecule has 0 unspecified atom stereocenters. The Balaban J connectivity index is 1.93. The van der Waals surface area contributed by atoms with Gasteiger partial charge >= 0.3 is 6.09 Å². The Kier molecular flexibility index (Phi) is 5.13. The minimum atomic E-state index is -0.509. The predicted octanol–water partition coefficient (Wildman–Crippen LogP) is 2.39. The van der Waals surface area contributed by atoms with Crippen molar-refractivity contribution in [3.05, 3.63) is 29.8 Å². The lowest BCUT2D eigenvalue weighted by atomic mass is 10.1. The molecule has 0 N–H and O–H groups in total. The molecule has 1 saturated heterocycles. The lowest BCUT2D eigenvalue weighted by Crippen LogP contribution is -2.51. The van der Waals surface area contributed by atoms with Gasteiger partial charge in [0.05, 0.1) is 7.11 Å². The molecular weight excluding hydrogens is 296 g/mol. The van der Waals surface area contributed by atoms with E-state index in [-0.39, 0.29) is 12.0 Å². The molecule has 0 bridgehead atoms. The number of nitrogens with zero attached hydrogens (tertiary/aromatic N) is 2. The van der Waals surface area contributed by atoms with Crippen molar-refractivity contribution >= 4 is 12.0 Å². The van der Waals surface area contributed by atoms with Crippen LogP contribution in [0.15, 0.2) is 24.3 Å². The molecule has 1 heterocycles. The van der Waals surface area contributed by atoms with Crippen LogP contribution in [-0.2, 0) is 4.74 Å². The van der Waals surface area contributed by atoms with E-state index in [2.05, 4.69) is 0 Å².